The van der Waals surface area contributed by atoms with Crippen LogP contribution in [0.5, 0.6) is 11.5 Å². The number of carbonyl (C=O) groups is 1. The van der Waals surface area contributed by atoms with E-state index in [1.165, 1.54) is 14.2 Å². The van der Waals surface area contributed by atoms with Gasteiger partial charge in [-0.05, 0) is 13.3 Å². The van der Waals surface area contributed by atoms with Crippen molar-refractivity contribution in [3.05, 3.63) is 17.2 Å². The van der Waals surface area contributed by atoms with Gasteiger partial charge in [0.1, 0.15) is 0 Å². The lowest BCUT2D eigenvalue weighted by molar-refractivity contribution is -0.120. The molecule has 2 rings (SSSR count). The van der Waals surface area contributed by atoms with E-state index in [-0.39, 0.29) is 24.0 Å². The molecule has 1 aromatic rings. The minimum absolute atomic E-state index is 0.0369. The smallest absolute Gasteiger partial charge is 0.239 e. The van der Waals surface area contributed by atoms with Crippen LogP contribution in [0.4, 0.5) is 5.69 Å². The summed E-state index contributed by atoms with van der Waals surface area (Å²) >= 11 is 6.15. The number of benzene rings is 1. The number of anilines is 1. The Morgan fingerprint density at radius 1 is 1.29 bits per heavy atom. The first kappa shape index (κ1) is 18.7. The van der Waals surface area contributed by atoms with Gasteiger partial charge >= 0.3 is 0 Å². The summed E-state index contributed by atoms with van der Waals surface area (Å²) in [6, 6.07) is 3.22. The number of carbonyl (C=O) groups excluding carboxylic acids is 1. The largest absolute Gasteiger partial charge is 0.493 e. The highest BCUT2D eigenvalue weighted by atomic mass is 35.5. The topological polar surface area (TPSA) is 93.7 Å². The molecule has 1 heterocycles. The molecule has 1 fully saturated rings. The average Bonchev–Trinajstić information content (AvgIpc) is 2.78. The van der Waals surface area contributed by atoms with E-state index in [9.17, 15) is 13.2 Å². The third-order valence-corrected chi connectivity index (χ3v) is 6.07. The van der Waals surface area contributed by atoms with E-state index in [4.69, 9.17) is 21.1 Å². The van der Waals surface area contributed by atoms with Crippen LogP contribution in [0.15, 0.2) is 12.1 Å². The predicted octanol–water partition coefficient (Wildman–Crippen LogP) is 1.46. The molecule has 134 valence electrons. The molecule has 1 saturated heterocycles. The Bertz CT molecular complexity index is 738. The maximum atomic E-state index is 12.1. The molecule has 0 radical (unpaired) electrons. The Kier molecular flexibility index (Phi) is 5.49. The van der Waals surface area contributed by atoms with Gasteiger partial charge in [0.05, 0.1) is 48.5 Å². The van der Waals surface area contributed by atoms with E-state index in [2.05, 4.69) is 10.6 Å². The zero-order chi connectivity index (χ0) is 18.0. The summed E-state index contributed by atoms with van der Waals surface area (Å²) in [5, 5.41) is 6.08. The van der Waals surface area contributed by atoms with Crippen molar-refractivity contribution in [3.8, 4) is 11.5 Å². The summed E-state index contributed by atoms with van der Waals surface area (Å²) in [6.07, 6.45) is 0.415. The van der Waals surface area contributed by atoms with Crippen LogP contribution < -0.4 is 20.1 Å². The van der Waals surface area contributed by atoms with Crippen LogP contribution in [-0.2, 0) is 14.6 Å². The normalized spacial score (nSPS) is 22.0. The SMILES string of the molecule is COc1cc(Cl)c(NCC(=O)NC2(C)CCS(=O)(=O)C2)cc1OC. The zero-order valence-corrected chi connectivity index (χ0v) is 15.4. The lowest BCUT2D eigenvalue weighted by Crippen LogP contribution is -2.48. The second-order valence-electron chi connectivity index (χ2n) is 5.99. The average molecular weight is 377 g/mol. The summed E-state index contributed by atoms with van der Waals surface area (Å²) in [6.45, 7) is 1.70. The molecule has 24 heavy (non-hydrogen) atoms. The predicted molar refractivity (Wildman–Crippen MR) is 92.9 cm³/mol. The fourth-order valence-corrected chi connectivity index (χ4v) is 4.97. The van der Waals surface area contributed by atoms with Crippen LogP contribution >= 0.6 is 11.6 Å². The minimum atomic E-state index is -3.08. The maximum absolute atomic E-state index is 12.1. The number of nitrogens with one attached hydrogen (secondary N) is 2. The molecule has 0 bridgehead atoms. The van der Waals surface area contributed by atoms with Crippen molar-refractivity contribution in [3.63, 3.8) is 0 Å². The number of amides is 1. The number of halogens is 1. The van der Waals surface area contributed by atoms with Gasteiger partial charge in [0.15, 0.2) is 21.3 Å². The van der Waals surface area contributed by atoms with Crippen LogP contribution in [0.3, 0.4) is 0 Å². The van der Waals surface area contributed by atoms with E-state index in [1.807, 2.05) is 0 Å². The maximum Gasteiger partial charge on any atom is 0.239 e. The number of methoxy groups -OCH3 is 2. The van der Waals surface area contributed by atoms with Gasteiger partial charge in [-0.2, -0.15) is 0 Å². The molecule has 1 atom stereocenters. The van der Waals surface area contributed by atoms with Gasteiger partial charge in [-0.1, -0.05) is 11.6 Å². The number of hydrogen-bond acceptors (Lipinski definition) is 6. The van der Waals surface area contributed by atoms with Crippen LogP contribution in [0.1, 0.15) is 13.3 Å². The molecule has 9 heteroatoms. The molecule has 1 unspecified atom stereocenters. The van der Waals surface area contributed by atoms with E-state index in [0.717, 1.165) is 0 Å². The molecule has 0 spiro atoms. The second kappa shape index (κ2) is 7.06. The van der Waals surface area contributed by atoms with Crippen molar-refractivity contribution in [2.45, 2.75) is 18.9 Å². The van der Waals surface area contributed by atoms with Gasteiger partial charge in [-0.15, -0.1) is 0 Å². The molecule has 2 N–H and O–H groups in total. The Labute approximate surface area is 146 Å². The number of sulfone groups is 1. The first-order chi connectivity index (χ1) is 11.2. The number of ether oxygens (including phenoxy) is 2. The van der Waals surface area contributed by atoms with Gasteiger partial charge in [0, 0.05) is 12.1 Å². The van der Waals surface area contributed by atoms with Crippen molar-refractivity contribution in [2.75, 3.05) is 37.6 Å². The molecule has 0 saturated carbocycles. The third-order valence-electron chi connectivity index (χ3n) is 3.86. The summed E-state index contributed by atoms with van der Waals surface area (Å²) in [5.41, 5.74) is -0.201. The molecule has 1 amide bonds. The van der Waals surface area contributed by atoms with E-state index in [1.54, 1.807) is 19.1 Å². The summed E-state index contributed by atoms with van der Waals surface area (Å²) in [7, 11) is -0.0681. The lowest BCUT2D eigenvalue weighted by atomic mass is 10.0. The van der Waals surface area contributed by atoms with E-state index >= 15 is 0 Å². The summed E-state index contributed by atoms with van der Waals surface area (Å²) < 4.78 is 33.5. The van der Waals surface area contributed by atoms with Gasteiger partial charge in [-0.3, -0.25) is 4.79 Å². The van der Waals surface area contributed by atoms with Gasteiger partial charge in [-0.25, -0.2) is 8.42 Å². The Morgan fingerprint density at radius 3 is 2.46 bits per heavy atom. The fraction of sp³-hybridized carbons (Fsp3) is 0.533. The quantitative estimate of drug-likeness (QED) is 0.780. The van der Waals surface area contributed by atoms with Gasteiger partial charge in [0.2, 0.25) is 5.91 Å². The van der Waals surface area contributed by atoms with Gasteiger partial charge in [0.25, 0.3) is 0 Å². The molecule has 1 aromatic carbocycles. The molecule has 1 aliphatic rings. The van der Waals surface area contributed by atoms with Crippen LogP contribution in [-0.4, -0.2) is 52.1 Å². The highest BCUT2D eigenvalue weighted by Crippen LogP contribution is 2.35. The van der Waals surface area contributed by atoms with E-state index < -0.39 is 15.4 Å². The molecular weight excluding hydrogens is 356 g/mol. The van der Waals surface area contributed by atoms with Gasteiger partial charge < -0.3 is 20.1 Å². The molecule has 0 aliphatic carbocycles. The number of hydrogen-bond donors (Lipinski definition) is 2. The van der Waals surface area contributed by atoms with Crippen molar-refractivity contribution < 1.29 is 22.7 Å². The van der Waals surface area contributed by atoms with Crippen molar-refractivity contribution in [2.24, 2.45) is 0 Å². The number of rotatable bonds is 6. The second-order valence-corrected chi connectivity index (χ2v) is 8.58. The van der Waals surface area contributed by atoms with Crippen LogP contribution in [0.2, 0.25) is 5.02 Å². The summed E-state index contributed by atoms with van der Waals surface area (Å²) in [4.78, 5) is 12.1. The Morgan fingerprint density at radius 2 is 1.92 bits per heavy atom. The fourth-order valence-electron chi connectivity index (χ4n) is 2.65. The third kappa shape index (κ3) is 4.45. The standard InChI is InChI=1S/C15H21ClN2O5S/c1-15(4-5-24(20,21)9-15)18-14(19)8-17-11-7-13(23-3)12(22-2)6-10(11)16/h6-7,17H,4-5,8-9H2,1-3H3,(H,18,19). The van der Waals surface area contributed by atoms with Crippen molar-refractivity contribution in [1.82, 2.24) is 5.32 Å². The van der Waals surface area contributed by atoms with Crippen LogP contribution in [0, 0.1) is 0 Å². The lowest BCUT2D eigenvalue weighted by Gasteiger charge is -2.24. The first-order valence-electron chi connectivity index (χ1n) is 7.35. The highest BCUT2D eigenvalue weighted by molar-refractivity contribution is 7.91. The minimum Gasteiger partial charge on any atom is -0.493 e. The van der Waals surface area contributed by atoms with Crippen molar-refractivity contribution >= 4 is 33.0 Å². The van der Waals surface area contributed by atoms with E-state index in [0.29, 0.717) is 28.6 Å². The molecular formula is C15H21ClN2O5S. The molecule has 7 nitrogen and oxygen atoms in total. The zero-order valence-electron chi connectivity index (χ0n) is 13.8. The molecule has 1 aliphatic heterocycles. The molecule has 0 aromatic heterocycles. The van der Waals surface area contributed by atoms with Crippen molar-refractivity contribution in [1.29, 1.82) is 0 Å². The monoisotopic (exact) mass is 376 g/mol. The summed E-state index contributed by atoms with van der Waals surface area (Å²) in [5.74, 6) is 0.724. The first-order valence-corrected chi connectivity index (χ1v) is 9.55. The Hall–Kier alpha value is -1.67. The Balaban J connectivity index is 1.99. The highest BCUT2D eigenvalue weighted by Gasteiger charge is 2.39. The van der Waals surface area contributed by atoms with Crippen LogP contribution in [0.25, 0.3) is 0 Å².